The van der Waals surface area contributed by atoms with Crippen LogP contribution in [0.15, 0.2) is 35.5 Å². The van der Waals surface area contributed by atoms with Crippen LogP contribution in [0.3, 0.4) is 0 Å². The van der Waals surface area contributed by atoms with Gasteiger partial charge in [-0.2, -0.15) is 17.5 Å². The minimum absolute atomic E-state index is 0.146. The average Bonchev–Trinajstić information content (AvgIpc) is 2.61. The number of likely N-dealkylation sites (tertiary alicyclic amines) is 1. The number of carbonyl (C=O) groups excluding carboxylic acids is 1. The number of nitroso groups, excluding NO2 is 1. The van der Waals surface area contributed by atoms with Gasteiger partial charge in [-0.1, -0.05) is 35.5 Å². The van der Waals surface area contributed by atoms with Crippen LogP contribution in [-0.4, -0.2) is 52.4 Å². The highest BCUT2D eigenvalue weighted by Crippen LogP contribution is 2.34. The van der Waals surface area contributed by atoms with E-state index in [-0.39, 0.29) is 24.6 Å². The normalized spacial score (nSPS) is 25.1. The number of carboxylic acid groups (broad SMARTS) is 1. The van der Waals surface area contributed by atoms with E-state index in [9.17, 15) is 19.6 Å². The monoisotopic (exact) mass is 365 g/mol. The molecule has 0 aliphatic carbocycles. The van der Waals surface area contributed by atoms with Gasteiger partial charge in [0.1, 0.15) is 5.54 Å². The van der Waals surface area contributed by atoms with E-state index < -0.39 is 23.5 Å². The molecular weight excluding hydrogens is 342 g/mol. The minimum Gasteiger partial charge on any atom is -0.480 e. The Hall–Kier alpha value is -1.93. The molecule has 136 valence electrons. The lowest BCUT2D eigenvalue weighted by molar-refractivity contribution is -0.144. The van der Waals surface area contributed by atoms with E-state index in [0.29, 0.717) is 13.0 Å². The van der Waals surface area contributed by atoms with Crippen LogP contribution in [0.5, 0.6) is 0 Å². The number of nitrogens with one attached hydrogen (secondary N) is 1. The summed E-state index contributed by atoms with van der Waals surface area (Å²) in [7, 11) is 1.85. The van der Waals surface area contributed by atoms with Gasteiger partial charge in [-0.15, -0.1) is 0 Å². The summed E-state index contributed by atoms with van der Waals surface area (Å²) in [6.45, 7) is 0.490. The quantitative estimate of drug-likeness (QED) is 0.504. The molecule has 2 rings (SSSR count). The average molecular weight is 365 g/mol. The van der Waals surface area contributed by atoms with Gasteiger partial charge in [0.25, 0.3) is 0 Å². The SMILES string of the molecule is CN1CCC(N=O)(C(NC(=O)CCc2ccccc2)C(=O)O)CC1S. The summed E-state index contributed by atoms with van der Waals surface area (Å²) in [5.41, 5.74) is -0.393. The molecule has 1 aromatic carbocycles. The van der Waals surface area contributed by atoms with E-state index in [1.54, 1.807) is 0 Å². The molecule has 8 heteroatoms. The Bertz CT molecular complexity index is 628. The maximum absolute atomic E-state index is 12.2. The number of carboxylic acids is 1. The van der Waals surface area contributed by atoms with Gasteiger partial charge in [-0.25, -0.2) is 4.79 Å². The molecule has 1 aromatic rings. The lowest BCUT2D eigenvalue weighted by Gasteiger charge is -2.42. The fourth-order valence-electron chi connectivity index (χ4n) is 3.05. The molecule has 3 atom stereocenters. The van der Waals surface area contributed by atoms with Crippen molar-refractivity contribution in [2.45, 2.75) is 42.6 Å². The van der Waals surface area contributed by atoms with Crippen molar-refractivity contribution in [3.8, 4) is 0 Å². The number of benzene rings is 1. The summed E-state index contributed by atoms with van der Waals surface area (Å²) in [5, 5.41) is 14.9. The first-order valence-electron chi connectivity index (χ1n) is 8.17. The van der Waals surface area contributed by atoms with Crippen LogP contribution < -0.4 is 5.32 Å². The number of thiol groups is 1. The third-order valence-corrected chi connectivity index (χ3v) is 5.27. The molecule has 1 amide bonds. The third-order valence-electron chi connectivity index (χ3n) is 4.70. The summed E-state index contributed by atoms with van der Waals surface area (Å²) < 4.78 is 0. The number of piperidine rings is 1. The van der Waals surface area contributed by atoms with Gasteiger partial charge in [-0.3, -0.25) is 9.69 Å². The fourth-order valence-corrected chi connectivity index (χ4v) is 3.48. The minimum atomic E-state index is -1.38. The summed E-state index contributed by atoms with van der Waals surface area (Å²) in [4.78, 5) is 37.4. The summed E-state index contributed by atoms with van der Waals surface area (Å²) >= 11 is 4.39. The van der Waals surface area contributed by atoms with Crippen molar-refractivity contribution in [1.82, 2.24) is 10.2 Å². The van der Waals surface area contributed by atoms with Crippen LogP contribution in [0.1, 0.15) is 24.8 Å². The Kier molecular flexibility index (Phi) is 6.55. The summed E-state index contributed by atoms with van der Waals surface area (Å²) in [6, 6.07) is 8.10. The molecule has 25 heavy (non-hydrogen) atoms. The van der Waals surface area contributed by atoms with Crippen LogP contribution in [0.4, 0.5) is 0 Å². The van der Waals surface area contributed by atoms with Crippen molar-refractivity contribution >= 4 is 24.5 Å². The topological polar surface area (TPSA) is 99.1 Å². The number of carbonyl (C=O) groups is 2. The number of rotatable bonds is 7. The molecule has 1 heterocycles. The van der Waals surface area contributed by atoms with Crippen molar-refractivity contribution < 1.29 is 14.7 Å². The lowest BCUT2D eigenvalue weighted by Crippen LogP contribution is -2.60. The number of aryl methyl sites for hydroxylation is 1. The van der Waals surface area contributed by atoms with E-state index >= 15 is 0 Å². The molecule has 0 saturated carbocycles. The van der Waals surface area contributed by atoms with Gasteiger partial charge in [0, 0.05) is 19.4 Å². The predicted octanol–water partition coefficient (Wildman–Crippen LogP) is 1.68. The van der Waals surface area contributed by atoms with Crippen LogP contribution in [-0.2, 0) is 16.0 Å². The second kappa shape index (κ2) is 8.44. The van der Waals surface area contributed by atoms with E-state index in [2.05, 4.69) is 23.1 Å². The molecule has 0 aromatic heterocycles. The molecule has 1 saturated heterocycles. The van der Waals surface area contributed by atoms with Crippen LogP contribution in [0.2, 0.25) is 0 Å². The van der Waals surface area contributed by atoms with Gasteiger partial charge in [0.2, 0.25) is 5.91 Å². The Morgan fingerprint density at radius 3 is 2.68 bits per heavy atom. The highest BCUT2D eigenvalue weighted by atomic mass is 32.1. The van der Waals surface area contributed by atoms with Crippen molar-refractivity contribution in [3.05, 3.63) is 40.8 Å². The van der Waals surface area contributed by atoms with Gasteiger partial charge in [0.05, 0.1) is 5.37 Å². The maximum Gasteiger partial charge on any atom is 0.328 e. The smallest absolute Gasteiger partial charge is 0.328 e. The second-order valence-electron chi connectivity index (χ2n) is 6.43. The molecular formula is C17H23N3O4S. The van der Waals surface area contributed by atoms with Gasteiger partial charge in [0.15, 0.2) is 6.04 Å². The van der Waals surface area contributed by atoms with E-state index in [4.69, 9.17) is 0 Å². The lowest BCUT2D eigenvalue weighted by atomic mass is 9.81. The Morgan fingerprint density at radius 2 is 2.12 bits per heavy atom. The van der Waals surface area contributed by atoms with Crippen LogP contribution in [0, 0.1) is 4.91 Å². The van der Waals surface area contributed by atoms with Crippen LogP contribution >= 0.6 is 12.6 Å². The highest BCUT2D eigenvalue weighted by molar-refractivity contribution is 7.80. The van der Waals surface area contributed by atoms with Crippen molar-refractivity contribution in [2.24, 2.45) is 5.18 Å². The molecule has 3 unspecified atom stereocenters. The van der Waals surface area contributed by atoms with Crippen molar-refractivity contribution in [2.75, 3.05) is 13.6 Å². The molecule has 7 nitrogen and oxygen atoms in total. The molecule has 1 aliphatic heterocycles. The van der Waals surface area contributed by atoms with Crippen molar-refractivity contribution in [1.29, 1.82) is 0 Å². The molecule has 1 aliphatic rings. The van der Waals surface area contributed by atoms with Gasteiger partial charge < -0.3 is 10.4 Å². The Morgan fingerprint density at radius 1 is 1.44 bits per heavy atom. The maximum atomic E-state index is 12.2. The Labute approximate surface area is 152 Å². The molecule has 0 bridgehead atoms. The van der Waals surface area contributed by atoms with Crippen molar-refractivity contribution in [3.63, 3.8) is 0 Å². The van der Waals surface area contributed by atoms with E-state index in [0.717, 1.165) is 5.56 Å². The molecule has 0 radical (unpaired) electrons. The molecule has 2 N–H and O–H groups in total. The highest BCUT2D eigenvalue weighted by Gasteiger charge is 2.49. The number of amides is 1. The second-order valence-corrected chi connectivity index (χ2v) is 7.03. The Balaban J connectivity index is 2.05. The zero-order valence-electron chi connectivity index (χ0n) is 14.1. The van der Waals surface area contributed by atoms with Crippen LogP contribution in [0.25, 0.3) is 0 Å². The first-order chi connectivity index (χ1) is 11.9. The predicted molar refractivity (Wildman–Crippen MR) is 97.5 cm³/mol. The standard InChI is InChI=1S/C17H23N3O4S/c1-20-10-9-17(19-24,11-14(20)25)15(16(22)23)18-13(21)8-7-12-5-3-2-4-6-12/h2-6,14-15,25H,7-11H2,1H3,(H,18,21)(H,22,23). The first kappa shape index (κ1) is 19.4. The zero-order valence-corrected chi connectivity index (χ0v) is 15.0. The first-order valence-corrected chi connectivity index (χ1v) is 8.68. The number of aliphatic carboxylic acids is 1. The molecule has 0 spiro atoms. The number of hydrogen-bond acceptors (Lipinski definition) is 6. The fraction of sp³-hybridized carbons (Fsp3) is 0.529. The summed E-state index contributed by atoms with van der Waals surface area (Å²) in [5.74, 6) is -1.66. The number of nitrogens with zero attached hydrogens (tertiary/aromatic N) is 2. The third kappa shape index (κ3) is 4.79. The number of hydrogen-bond donors (Lipinski definition) is 3. The summed E-state index contributed by atoms with van der Waals surface area (Å²) in [6.07, 6.45) is 1.08. The van der Waals surface area contributed by atoms with Gasteiger partial charge in [-0.05, 0) is 25.5 Å². The largest absolute Gasteiger partial charge is 0.480 e. The van der Waals surface area contributed by atoms with Gasteiger partial charge >= 0.3 is 5.97 Å². The van der Waals surface area contributed by atoms with E-state index in [1.165, 1.54) is 0 Å². The van der Waals surface area contributed by atoms with E-state index in [1.807, 2.05) is 42.3 Å². The molecule has 1 fully saturated rings. The zero-order chi connectivity index (χ0) is 18.4.